The van der Waals surface area contributed by atoms with Crippen LogP contribution in [0.15, 0.2) is 24.3 Å². The maximum atomic E-state index is 12.8. The van der Waals surface area contributed by atoms with Gasteiger partial charge in [0.25, 0.3) is 5.91 Å². The lowest BCUT2D eigenvalue weighted by atomic mass is 9.83. The largest absolute Gasteiger partial charge is 0.337 e. The summed E-state index contributed by atoms with van der Waals surface area (Å²) in [6.45, 7) is 9.38. The molecule has 0 aliphatic carbocycles. The average Bonchev–Trinajstić information content (AvgIpc) is 2.97. The molecule has 1 aromatic rings. The van der Waals surface area contributed by atoms with Crippen molar-refractivity contribution in [2.24, 2.45) is 5.92 Å². The number of benzene rings is 1. The number of amides is 1. The number of hydrogen-bond donors (Lipinski definition) is 1. The van der Waals surface area contributed by atoms with E-state index < -0.39 is 0 Å². The van der Waals surface area contributed by atoms with Crippen molar-refractivity contribution in [2.75, 3.05) is 19.6 Å². The SMILES string of the molecule is CC(C)(C)c1ccccc1C(=O)N1C[C@@H]2CCN[C@@H]2C1. The van der Waals surface area contributed by atoms with Gasteiger partial charge in [-0.15, -0.1) is 0 Å². The van der Waals surface area contributed by atoms with Crippen molar-refractivity contribution in [3.63, 3.8) is 0 Å². The molecule has 0 aromatic heterocycles. The third-order valence-electron chi connectivity index (χ3n) is 4.62. The van der Waals surface area contributed by atoms with Crippen LogP contribution < -0.4 is 5.32 Å². The summed E-state index contributed by atoms with van der Waals surface area (Å²) in [7, 11) is 0. The highest BCUT2D eigenvalue weighted by Gasteiger charge is 2.38. The second kappa shape index (κ2) is 4.88. The number of nitrogens with zero attached hydrogens (tertiary/aromatic N) is 1. The fourth-order valence-corrected chi connectivity index (χ4v) is 3.51. The van der Waals surface area contributed by atoms with E-state index in [4.69, 9.17) is 0 Å². The van der Waals surface area contributed by atoms with E-state index in [0.717, 1.165) is 30.8 Å². The molecule has 2 aliphatic rings. The maximum Gasteiger partial charge on any atom is 0.254 e. The molecule has 2 heterocycles. The number of fused-ring (bicyclic) bond motifs is 1. The van der Waals surface area contributed by atoms with E-state index >= 15 is 0 Å². The van der Waals surface area contributed by atoms with Gasteiger partial charge in [-0.2, -0.15) is 0 Å². The molecule has 2 atom stereocenters. The quantitative estimate of drug-likeness (QED) is 0.851. The molecule has 0 radical (unpaired) electrons. The average molecular weight is 272 g/mol. The van der Waals surface area contributed by atoms with Crippen molar-refractivity contribution in [1.29, 1.82) is 0 Å². The Hall–Kier alpha value is -1.35. The molecule has 0 unspecified atom stereocenters. The van der Waals surface area contributed by atoms with E-state index in [1.807, 2.05) is 23.1 Å². The van der Waals surface area contributed by atoms with E-state index in [-0.39, 0.29) is 11.3 Å². The molecule has 108 valence electrons. The van der Waals surface area contributed by atoms with Crippen molar-refractivity contribution < 1.29 is 4.79 Å². The highest BCUT2D eigenvalue weighted by molar-refractivity contribution is 5.96. The first-order valence-electron chi connectivity index (χ1n) is 7.59. The molecule has 0 saturated carbocycles. The summed E-state index contributed by atoms with van der Waals surface area (Å²) in [5.74, 6) is 0.854. The van der Waals surface area contributed by atoms with Crippen LogP contribution in [0.4, 0.5) is 0 Å². The van der Waals surface area contributed by atoms with Gasteiger partial charge < -0.3 is 10.2 Å². The van der Waals surface area contributed by atoms with Gasteiger partial charge in [-0.05, 0) is 35.9 Å². The molecule has 1 N–H and O–H groups in total. The van der Waals surface area contributed by atoms with Crippen LogP contribution in [0.25, 0.3) is 0 Å². The Kier molecular flexibility index (Phi) is 3.33. The second-order valence-corrected chi connectivity index (χ2v) is 7.12. The van der Waals surface area contributed by atoms with E-state index in [2.05, 4.69) is 32.2 Å². The molecule has 0 bridgehead atoms. The van der Waals surface area contributed by atoms with Crippen LogP contribution in [0.5, 0.6) is 0 Å². The number of carbonyl (C=O) groups excluding carboxylic acids is 1. The van der Waals surface area contributed by atoms with Gasteiger partial charge in [0.1, 0.15) is 0 Å². The number of rotatable bonds is 1. The van der Waals surface area contributed by atoms with Gasteiger partial charge in [-0.1, -0.05) is 39.0 Å². The van der Waals surface area contributed by atoms with Crippen molar-refractivity contribution in [1.82, 2.24) is 10.2 Å². The Balaban J connectivity index is 1.85. The van der Waals surface area contributed by atoms with Crippen molar-refractivity contribution in [3.05, 3.63) is 35.4 Å². The summed E-state index contributed by atoms with van der Waals surface area (Å²) in [6, 6.07) is 8.57. The molecule has 3 nitrogen and oxygen atoms in total. The topological polar surface area (TPSA) is 32.3 Å². The number of carbonyl (C=O) groups is 1. The highest BCUT2D eigenvalue weighted by atomic mass is 16.2. The Bertz CT molecular complexity index is 506. The number of likely N-dealkylation sites (tertiary alicyclic amines) is 1. The maximum absolute atomic E-state index is 12.8. The van der Waals surface area contributed by atoms with Crippen LogP contribution in [0.3, 0.4) is 0 Å². The third-order valence-corrected chi connectivity index (χ3v) is 4.62. The van der Waals surface area contributed by atoms with E-state index in [0.29, 0.717) is 12.0 Å². The Morgan fingerprint density at radius 2 is 2.00 bits per heavy atom. The molecule has 3 rings (SSSR count). The van der Waals surface area contributed by atoms with Crippen LogP contribution in [0, 0.1) is 5.92 Å². The monoisotopic (exact) mass is 272 g/mol. The zero-order chi connectivity index (χ0) is 14.3. The van der Waals surface area contributed by atoms with Gasteiger partial charge in [-0.25, -0.2) is 0 Å². The van der Waals surface area contributed by atoms with Crippen LogP contribution in [0.2, 0.25) is 0 Å². The minimum absolute atomic E-state index is 0.0000979. The summed E-state index contributed by atoms with van der Waals surface area (Å²) >= 11 is 0. The molecule has 1 aromatic carbocycles. The molecule has 2 fully saturated rings. The van der Waals surface area contributed by atoms with Crippen molar-refractivity contribution >= 4 is 5.91 Å². The fourth-order valence-electron chi connectivity index (χ4n) is 3.51. The van der Waals surface area contributed by atoms with E-state index in [1.54, 1.807) is 0 Å². The number of nitrogens with one attached hydrogen (secondary N) is 1. The molecular formula is C17H24N2O. The first kappa shape index (κ1) is 13.6. The molecular weight excluding hydrogens is 248 g/mol. The second-order valence-electron chi connectivity index (χ2n) is 7.12. The minimum atomic E-state index is 0.0000979. The number of hydrogen-bond acceptors (Lipinski definition) is 2. The lowest BCUT2D eigenvalue weighted by Crippen LogP contribution is -2.35. The zero-order valence-electron chi connectivity index (χ0n) is 12.6. The van der Waals surface area contributed by atoms with Crippen molar-refractivity contribution in [2.45, 2.75) is 38.6 Å². The van der Waals surface area contributed by atoms with Crippen LogP contribution in [-0.2, 0) is 5.41 Å². The summed E-state index contributed by atoms with van der Waals surface area (Å²) in [5, 5.41) is 3.51. The van der Waals surface area contributed by atoms with Gasteiger partial charge in [0, 0.05) is 24.7 Å². The van der Waals surface area contributed by atoms with Crippen LogP contribution in [-0.4, -0.2) is 36.5 Å². The molecule has 0 spiro atoms. The fraction of sp³-hybridized carbons (Fsp3) is 0.588. The summed E-state index contributed by atoms with van der Waals surface area (Å²) in [4.78, 5) is 14.9. The lowest BCUT2D eigenvalue weighted by Gasteiger charge is -2.25. The van der Waals surface area contributed by atoms with Crippen molar-refractivity contribution in [3.8, 4) is 0 Å². The molecule has 1 amide bonds. The molecule has 2 aliphatic heterocycles. The smallest absolute Gasteiger partial charge is 0.254 e. The highest BCUT2D eigenvalue weighted by Crippen LogP contribution is 2.30. The molecule has 3 heteroatoms. The Labute approximate surface area is 121 Å². The molecule has 20 heavy (non-hydrogen) atoms. The third kappa shape index (κ3) is 2.35. The van der Waals surface area contributed by atoms with Crippen LogP contribution >= 0.6 is 0 Å². The minimum Gasteiger partial charge on any atom is -0.337 e. The van der Waals surface area contributed by atoms with E-state index in [1.165, 1.54) is 6.42 Å². The van der Waals surface area contributed by atoms with Gasteiger partial charge in [0.15, 0.2) is 0 Å². The lowest BCUT2D eigenvalue weighted by molar-refractivity contribution is 0.0780. The van der Waals surface area contributed by atoms with Crippen LogP contribution in [0.1, 0.15) is 43.1 Å². The first-order valence-corrected chi connectivity index (χ1v) is 7.59. The van der Waals surface area contributed by atoms with E-state index in [9.17, 15) is 4.79 Å². The predicted octanol–water partition coefficient (Wildman–Crippen LogP) is 2.42. The standard InChI is InChI=1S/C17H24N2O/c1-17(2,3)14-7-5-4-6-13(14)16(20)19-10-12-8-9-18-15(12)11-19/h4-7,12,15,18H,8-11H2,1-3H3/t12-,15+/m0/s1. The van der Waals surface area contributed by atoms with Gasteiger partial charge in [0.2, 0.25) is 0 Å². The summed E-state index contributed by atoms with van der Waals surface area (Å²) < 4.78 is 0. The zero-order valence-corrected chi connectivity index (χ0v) is 12.6. The van der Waals surface area contributed by atoms with Gasteiger partial charge >= 0.3 is 0 Å². The van der Waals surface area contributed by atoms with Gasteiger partial charge in [-0.3, -0.25) is 4.79 Å². The summed E-state index contributed by atoms with van der Waals surface area (Å²) in [5.41, 5.74) is 2.02. The van der Waals surface area contributed by atoms with Gasteiger partial charge in [0.05, 0.1) is 0 Å². The molecule has 2 saturated heterocycles. The first-order chi connectivity index (χ1) is 9.47. The Morgan fingerprint density at radius 1 is 1.25 bits per heavy atom. The predicted molar refractivity (Wildman–Crippen MR) is 80.9 cm³/mol. The Morgan fingerprint density at radius 3 is 2.70 bits per heavy atom. The normalized spacial score (nSPS) is 25.9. The summed E-state index contributed by atoms with van der Waals surface area (Å²) in [6.07, 6.45) is 1.20.